The molecule has 0 atom stereocenters. The maximum atomic E-state index is 12.3. The lowest BCUT2D eigenvalue weighted by atomic mass is 10.0. The van der Waals surface area contributed by atoms with Gasteiger partial charge in [-0.1, -0.05) is 48.9 Å². The van der Waals surface area contributed by atoms with E-state index in [4.69, 9.17) is 28.6 Å². The van der Waals surface area contributed by atoms with Crippen LogP contribution in [0.5, 0.6) is 0 Å². The summed E-state index contributed by atoms with van der Waals surface area (Å²) in [6.45, 7) is 0. The minimum absolute atomic E-state index is 0.168. The van der Waals surface area contributed by atoms with Crippen molar-refractivity contribution >= 4 is 40.9 Å². The van der Waals surface area contributed by atoms with E-state index in [2.05, 4.69) is 15.3 Å². The Morgan fingerprint density at radius 2 is 2.08 bits per heavy atom. The molecule has 2 aromatic rings. The zero-order valence-electron chi connectivity index (χ0n) is 13.0. The molecule has 0 unspecified atom stereocenters. The van der Waals surface area contributed by atoms with Gasteiger partial charge < -0.3 is 15.7 Å². The maximum Gasteiger partial charge on any atom is 0.261 e. The molecule has 3 rings (SSSR count). The Balaban J connectivity index is 1.95. The Kier molecular flexibility index (Phi) is 5.21. The lowest BCUT2D eigenvalue weighted by molar-refractivity contribution is 0.529. The third-order valence-corrected chi connectivity index (χ3v) is 4.85. The summed E-state index contributed by atoms with van der Waals surface area (Å²) in [6, 6.07) is 5.02. The van der Waals surface area contributed by atoms with Gasteiger partial charge in [0.2, 0.25) is 0 Å². The first kappa shape index (κ1) is 17.0. The molecule has 0 radical (unpaired) electrons. The molecule has 7 heteroatoms. The summed E-state index contributed by atoms with van der Waals surface area (Å²) < 4.78 is 0. The van der Waals surface area contributed by atoms with Crippen LogP contribution in [0.3, 0.4) is 0 Å². The monoisotopic (exact) mass is 364 g/mol. The van der Waals surface area contributed by atoms with E-state index in [-0.39, 0.29) is 11.1 Å². The molecule has 24 heavy (non-hydrogen) atoms. The van der Waals surface area contributed by atoms with Crippen LogP contribution in [0.1, 0.15) is 37.1 Å². The van der Waals surface area contributed by atoms with Gasteiger partial charge in [0.1, 0.15) is 11.6 Å². The van der Waals surface area contributed by atoms with Gasteiger partial charge in [0.15, 0.2) is 0 Å². The van der Waals surface area contributed by atoms with Crippen molar-refractivity contribution in [3.8, 4) is 0 Å². The average Bonchev–Trinajstić information content (AvgIpc) is 3.04. The maximum absolute atomic E-state index is 12.3. The van der Waals surface area contributed by atoms with Crippen molar-refractivity contribution in [3.63, 3.8) is 0 Å². The molecular formula is C17H18Cl2N4O. The van der Waals surface area contributed by atoms with Gasteiger partial charge >= 0.3 is 0 Å². The number of aromatic nitrogens is 2. The zero-order chi connectivity index (χ0) is 17.1. The van der Waals surface area contributed by atoms with Crippen LogP contribution < -0.4 is 10.9 Å². The highest BCUT2D eigenvalue weighted by Crippen LogP contribution is 2.29. The summed E-state index contributed by atoms with van der Waals surface area (Å²) >= 11 is 12.2. The van der Waals surface area contributed by atoms with Gasteiger partial charge in [0.05, 0.1) is 16.3 Å². The summed E-state index contributed by atoms with van der Waals surface area (Å²) in [5.41, 5.74) is 0.395. The van der Waals surface area contributed by atoms with Gasteiger partial charge in [0.25, 0.3) is 5.56 Å². The first-order valence-corrected chi connectivity index (χ1v) is 8.68. The van der Waals surface area contributed by atoms with Crippen LogP contribution in [0, 0.1) is 11.3 Å². The van der Waals surface area contributed by atoms with E-state index in [9.17, 15) is 4.79 Å². The van der Waals surface area contributed by atoms with Gasteiger partial charge in [-0.05, 0) is 24.1 Å². The minimum Gasteiger partial charge on any atom is -0.338 e. The minimum atomic E-state index is -0.325. The number of halogens is 2. The van der Waals surface area contributed by atoms with Crippen molar-refractivity contribution in [2.75, 3.05) is 5.32 Å². The van der Waals surface area contributed by atoms with E-state index < -0.39 is 0 Å². The third-order valence-electron chi connectivity index (χ3n) is 4.29. The molecule has 1 aliphatic rings. The second kappa shape index (κ2) is 7.36. The van der Waals surface area contributed by atoms with Crippen molar-refractivity contribution in [2.24, 2.45) is 5.92 Å². The van der Waals surface area contributed by atoms with Gasteiger partial charge in [-0.15, -0.1) is 0 Å². The van der Waals surface area contributed by atoms with Crippen molar-refractivity contribution < 1.29 is 0 Å². The molecule has 1 fully saturated rings. The quantitative estimate of drug-likeness (QED) is 0.680. The van der Waals surface area contributed by atoms with E-state index >= 15 is 0 Å². The summed E-state index contributed by atoms with van der Waals surface area (Å²) in [6.07, 6.45) is 6.53. The standard InChI is InChI=1S/C17H18Cl2N4O/c18-11-5-6-13(19)14(8-11)21-16-12(9-20)17(24)23-15(22-16)7-10-3-1-2-4-10/h5-6,8-10,20H,1-4,7H2,(H2,21,22,23,24). The van der Waals surface area contributed by atoms with E-state index in [1.165, 1.54) is 25.7 Å². The van der Waals surface area contributed by atoms with Crippen LogP contribution >= 0.6 is 23.2 Å². The molecule has 1 heterocycles. The fourth-order valence-corrected chi connectivity index (χ4v) is 3.40. The van der Waals surface area contributed by atoms with E-state index in [0.717, 1.165) is 12.6 Å². The lowest BCUT2D eigenvalue weighted by Crippen LogP contribution is -2.20. The Labute approximate surface area is 149 Å². The van der Waals surface area contributed by atoms with Crippen molar-refractivity contribution in [2.45, 2.75) is 32.1 Å². The number of hydrogen-bond donors (Lipinski definition) is 3. The molecule has 0 spiro atoms. The van der Waals surface area contributed by atoms with Gasteiger partial charge in [-0.3, -0.25) is 4.79 Å². The van der Waals surface area contributed by atoms with E-state index in [0.29, 0.717) is 33.3 Å². The number of benzene rings is 1. The van der Waals surface area contributed by atoms with Gasteiger partial charge in [-0.25, -0.2) is 4.98 Å². The van der Waals surface area contributed by atoms with Crippen molar-refractivity contribution in [1.29, 1.82) is 5.41 Å². The lowest BCUT2D eigenvalue weighted by Gasteiger charge is -2.13. The Morgan fingerprint density at radius 3 is 2.79 bits per heavy atom. The molecule has 5 nitrogen and oxygen atoms in total. The number of H-pyrrole nitrogens is 1. The fraction of sp³-hybridized carbons (Fsp3) is 0.353. The second-order valence-electron chi connectivity index (χ2n) is 6.02. The van der Waals surface area contributed by atoms with Crippen LogP contribution in [0.4, 0.5) is 11.5 Å². The summed E-state index contributed by atoms with van der Waals surface area (Å²) in [5, 5.41) is 11.5. The third kappa shape index (κ3) is 3.79. The highest BCUT2D eigenvalue weighted by Gasteiger charge is 2.18. The zero-order valence-corrected chi connectivity index (χ0v) is 14.5. The van der Waals surface area contributed by atoms with Gasteiger partial charge in [0, 0.05) is 17.7 Å². The highest BCUT2D eigenvalue weighted by atomic mass is 35.5. The first-order valence-electron chi connectivity index (χ1n) is 7.92. The molecule has 3 N–H and O–H groups in total. The normalized spacial score (nSPS) is 14.8. The number of rotatable bonds is 5. The Bertz CT molecular complexity index is 813. The number of hydrogen-bond acceptors (Lipinski definition) is 4. The molecule has 126 valence electrons. The number of aromatic amines is 1. The number of nitrogens with one attached hydrogen (secondary N) is 3. The van der Waals surface area contributed by atoms with Crippen molar-refractivity contribution in [3.05, 3.63) is 50.0 Å². The van der Waals surface area contributed by atoms with Crippen LogP contribution in [0.25, 0.3) is 0 Å². The molecule has 0 saturated heterocycles. The molecule has 0 bridgehead atoms. The van der Waals surface area contributed by atoms with E-state index in [1.807, 2.05) is 0 Å². The summed E-state index contributed by atoms with van der Waals surface area (Å²) in [4.78, 5) is 19.6. The van der Waals surface area contributed by atoms with Crippen LogP contribution in [0.2, 0.25) is 10.0 Å². The molecule has 1 saturated carbocycles. The average molecular weight is 365 g/mol. The Morgan fingerprint density at radius 1 is 1.33 bits per heavy atom. The van der Waals surface area contributed by atoms with Crippen LogP contribution in [-0.4, -0.2) is 16.2 Å². The number of nitrogens with zero attached hydrogens (tertiary/aromatic N) is 1. The topological polar surface area (TPSA) is 81.6 Å². The fourth-order valence-electron chi connectivity index (χ4n) is 3.06. The number of anilines is 2. The summed E-state index contributed by atoms with van der Waals surface area (Å²) in [7, 11) is 0. The predicted octanol–water partition coefficient (Wildman–Crippen LogP) is 4.55. The summed E-state index contributed by atoms with van der Waals surface area (Å²) in [5.74, 6) is 1.52. The predicted molar refractivity (Wildman–Crippen MR) is 98.2 cm³/mol. The molecule has 1 aromatic heterocycles. The second-order valence-corrected chi connectivity index (χ2v) is 6.87. The molecule has 0 aliphatic heterocycles. The molecule has 1 aliphatic carbocycles. The Hall–Kier alpha value is -1.85. The molecule has 0 amide bonds. The van der Waals surface area contributed by atoms with E-state index in [1.54, 1.807) is 18.2 Å². The molecular weight excluding hydrogens is 347 g/mol. The molecule has 1 aromatic carbocycles. The van der Waals surface area contributed by atoms with Crippen molar-refractivity contribution in [1.82, 2.24) is 9.97 Å². The first-order chi connectivity index (χ1) is 11.6. The van der Waals surface area contributed by atoms with Crippen LogP contribution in [0.15, 0.2) is 23.0 Å². The SMILES string of the molecule is N=Cc1c(Nc2cc(Cl)ccc2Cl)nc(CC2CCCC2)[nH]c1=O. The largest absolute Gasteiger partial charge is 0.338 e. The van der Waals surface area contributed by atoms with Crippen LogP contribution in [-0.2, 0) is 6.42 Å². The highest BCUT2D eigenvalue weighted by molar-refractivity contribution is 6.35. The smallest absolute Gasteiger partial charge is 0.261 e. The van der Waals surface area contributed by atoms with Gasteiger partial charge in [-0.2, -0.15) is 0 Å².